The van der Waals surface area contributed by atoms with Crippen molar-refractivity contribution in [2.24, 2.45) is 5.10 Å². The number of fused-ring (bicyclic) bond motifs is 2. The van der Waals surface area contributed by atoms with Crippen LogP contribution in [0.25, 0.3) is 0 Å². The number of para-hydroxylation sites is 1. The van der Waals surface area contributed by atoms with Gasteiger partial charge in [0.15, 0.2) is 0 Å². The van der Waals surface area contributed by atoms with Crippen molar-refractivity contribution in [2.75, 3.05) is 24.5 Å². The fourth-order valence-electron chi connectivity index (χ4n) is 3.62. The first-order chi connectivity index (χ1) is 13.6. The molecule has 0 aromatic heterocycles. The Kier molecular flexibility index (Phi) is 4.85. The van der Waals surface area contributed by atoms with Crippen LogP contribution in [0.5, 0.6) is 0 Å². The van der Waals surface area contributed by atoms with Gasteiger partial charge in [0, 0.05) is 24.2 Å². The largest absolute Gasteiger partial charge is 0.342 e. The average molecular weight is 395 g/mol. The van der Waals surface area contributed by atoms with Crippen molar-refractivity contribution in [2.45, 2.75) is 18.7 Å². The van der Waals surface area contributed by atoms with Crippen LogP contribution in [-0.4, -0.2) is 41.4 Å². The fourth-order valence-corrected chi connectivity index (χ4v) is 4.83. The number of nitrogens with one attached hydrogen (secondary N) is 1. The maximum absolute atomic E-state index is 13.5. The molecule has 2 aromatic carbocycles. The number of likely N-dealkylation sites (N-methyl/N-ethyl adjacent to an activating group) is 1. The van der Waals surface area contributed by atoms with Gasteiger partial charge in [-0.3, -0.25) is 19.9 Å². The van der Waals surface area contributed by atoms with Crippen LogP contribution in [0.2, 0.25) is 0 Å². The Morgan fingerprint density at radius 3 is 2.50 bits per heavy atom. The maximum atomic E-state index is 13.5. The molecule has 144 valence electrons. The molecular weight excluding hydrogens is 372 g/mol. The number of hydrogen-bond acceptors (Lipinski definition) is 5. The molecular formula is C21H22N4O2S. The van der Waals surface area contributed by atoms with Gasteiger partial charge in [0.1, 0.15) is 11.6 Å². The van der Waals surface area contributed by atoms with E-state index in [-0.39, 0.29) is 18.4 Å². The Labute approximate surface area is 168 Å². The molecule has 2 aliphatic heterocycles. The van der Waals surface area contributed by atoms with E-state index >= 15 is 0 Å². The zero-order chi connectivity index (χ0) is 19.7. The van der Waals surface area contributed by atoms with Gasteiger partial charge in [0.2, 0.25) is 10.8 Å². The lowest BCUT2D eigenvalue weighted by Gasteiger charge is -2.25. The number of amides is 2. The molecule has 0 radical (unpaired) electrons. The van der Waals surface area contributed by atoms with E-state index in [1.807, 2.05) is 68.4 Å². The standard InChI is InChI=1S/C21H22N4O2S/c1-3-24(4-2)18(26)14-25-17-13-9-8-12-16(17)21(20(25)27)23-22-19(28-21)15-10-6-5-7-11-15/h5-13,23H,3-4,14H2,1-2H3/t21-/m0/s1. The molecule has 0 fully saturated rings. The summed E-state index contributed by atoms with van der Waals surface area (Å²) in [6.07, 6.45) is 0. The van der Waals surface area contributed by atoms with Gasteiger partial charge in [-0.1, -0.05) is 60.3 Å². The van der Waals surface area contributed by atoms with E-state index in [0.29, 0.717) is 13.1 Å². The minimum Gasteiger partial charge on any atom is -0.342 e. The fraction of sp³-hybridized carbons (Fsp3) is 0.286. The second-order valence-electron chi connectivity index (χ2n) is 6.65. The molecule has 1 atom stereocenters. The summed E-state index contributed by atoms with van der Waals surface area (Å²) in [5.41, 5.74) is 5.64. The summed E-state index contributed by atoms with van der Waals surface area (Å²) in [4.78, 5) is 28.5. The van der Waals surface area contributed by atoms with Gasteiger partial charge in [-0.25, -0.2) is 0 Å². The van der Waals surface area contributed by atoms with Crippen molar-refractivity contribution in [3.05, 3.63) is 65.7 Å². The quantitative estimate of drug-likeness (QED) is 0.847. The van der Waals surface area contributed by atoms with Crippen molar-refractivity contribution in [3.8, 4) is 0 Å². The lowest BCUT2D eigenvalue weighted by Crippen LogP contribution is -2.48. The normalized spacial score (nSPS) is 20.1. The molecule has 0 saturated heterocycles. The molecule has 2 aromatic rings. The third-order valence-electron chi connectivity index (χ3n) is 5.12. The summed E-state index contributed by atoms with van der Waals surface area (Å²) in [6, 6.07) is 17.4. The number of hydrazone groups is 1. The molecule has 0 bridgehead atoms. The molecule has 0 aliphatic carbocycles. The predicted octanol–water partition coefficient (Wildman–Crippen LogP) is 2.75. The smallest absolute Gasteiger partial charge is 0.270 e. The van der Waals surface area contributed by atoms with Crippen molar-refractivity contribution >= 4 is 34.3 Å². The highest BCUT2D eigenvalue weighted by Crippen LogP contribution is 2.50. The first-order valence-corrected chi connectivity index (χ1v) is 10.2. The Hall–Kier alpha value is -2.80. The van der Waals surface area contributed by atoms with Gasteiger partial charge in [0.25, 0.3) is 5.91 Å². The maximum Gasteiger partial charge on any atom is 0.270 e. The van der Waals surface area contributed by atoms with Crippen molar-refractivity contribution in [3.63, 3.8) is 0 Å². The highest BCUT2D eigenvalue weighted by Gasteiger charge is 2.55. The Morgan fingerprint density at radius 2 is 1.79 bits per heavy atom. The third kappa shape index (κ3) is 2.86. The zero-order valence-corrected chi connectivity index (χ0v) is 16.7. The molecule has 2 amide bonds. The van der Waals surface area contributed by atoms with Gasteiger partial charge in [0.05, 0.1) is 5.69 Å². The first kappa shape index (κ1) is 18.6. The molecule has 6 nitrogen and oxygen atoms in total. The summed E-state index contributed by atoms with van der Waals surface area (Å²) in [7, 11) is 0. The number of rotatable bonds is 5. The monoisotopic (exact) mass is 394 g/mol. The molecule has 0 unspecified atom stereocenters. The van der Waals surface area contributed by atoms with Crippen molar-refractivity contribution in [1.82, 2.24) is 10.3 Å². The van der Waals surface area contributed by atoms with Gasteiger partial charge < -0.3 is 4.90 Å². The van der Waals surface area contributed by atoms with Gasteiger partial charge in [-0.15, -0.1) is 0 Å². The van der Waals surface area contributed by atoms with E-state index in [1.165, 1.54) is 11.8 Å². The SMILES string of the molecule is CCN(CC)C(=O)CN1C(=O)[C@]2(NN=C(c3ccccc3)S2)c2ccccc21. The molecule has 28 heavy (non-hydrogen) atoms. The number of benzene rings is 2. The van der Waals surface area contributed by atoms with Crippen molar-refractivity contribution < 1.29 is 9.59 Å². The van der Waals surface area contributed by atoms with Crippen LogP contribution in [0.15, 0.2) is 59.7 Å². The van der Waals surface area contributed by atoms with Crippen LogP contribution in [0.1, 0.15) is 25.0 Å². The van der Waals surface area contributed by atoms with Crippen LogP contribution in [-0.2, 0) is 14.5 Å². The molecule has 0 saturated carbocycles. The Balaban J connectivity index is 1.66. The highest BCUT2D eigenvalue weighted by molar-refractivity contribution is 8.16. The van der Waals surface area contributed by atoms with E-state index in [2.05, 4.69) is 10.5 Å². The van der Waals surface area contributed by atoms with E-state index in [1.54, 1.807) is 9.80 Å². The van der Waals surface area contributed by atoms with Crippen LogP contribution >= 0.6 is 11.8 Å². The first-order valence-electron chi connectivity index (χ1n) is 9.39. The van der Waals surface area contributed by atoms with E-state index in [4.69, 9.17) is 0 Å². The minimum atomic E-state index is -1.02. The number of carbonyl (C=O) groups is 2. The number of nitrogens with zero attached hydrogens (tertiary/aromatic N) is 3. The number of carbonyl (C=O) groups excluding carboxylic acids is 2. The number of thioether (sulfide) groups is 1. The summed E-state index contributed by atoms with van der Waals surface area (Å²) >= 11 is 1.40. The van der Waals surface area contributed by atoms with Gasteiger partial charge in [-0.05, 0) is 19.9 Å². The summed E-state index contributed by atoms with van der Waals surface area (Å²) in [5.74, 6) is -0.216. The minimum absolute atomic E-state index is 0.0299. The molecule has 1 N–H and O–H groups in total. The summed E-state index contributed by atoms with van der Waals surface area (Å²) in [5, 5.41) is 5.22. The third-order valence-corrected chi connectivity index (χ3v) is 6.43. The van der Waals surface area contributed by atoms with E-state index in [0.717, 1.165) is 21.9 Å². The zero-order valence-electron chi connectivity index (χ0n) is 15.9. The summed E-state index contributed by atoms with van der Waals surface area (Å²) in [6.45, 7) is 5.16. The number of hydrogen-bond donors (Lipinski definition) is 1. The lowest BCUT2D eigenvalue weighted by molar-refractivity contribution is -0.131. The topological polar surface area (TPSA) is 65.0 Å². The van der Waals surface area contributed by atoms with E-state index in [9.17, 15) is 9.59 Å². The van der Waals surface area contributed by atoms with Crippen LogP contribution in [0, 0.1) is 0 Å². The highest BCUT2D eigenvalue weighted by atomic mass is 32.2. The molecule has 4 rings (SSSR count). The Morgan fingerprint density at radius 1 is 1.11 bits per heavy atom. The predicted molar refractivity (Wildman–Crippen MR) is 112 cm³/mol. The molecule has 2 aliphatic rings. The Bertz CT molecular complexity index is 942. The van der Waals surface area contributed by atoms with Crippen molar-refractivity contribution in [1.29, 1.82) is 0 Å². The van der Waals surface area contributed by atoms with Gasteiger partial charge in [-0.2, -0.15) is 5.10 Å². The average Bonchev–Trinajstić information content (AvgIpc) is 3.27. The second kappa shape index (κ2) is 7.31. The van der Waals surface area contributed by atoms with Crippen LogP contribution in [0.4, 0.5) is 5.69 Å². The molecule has 7 heteroatoms. The van der Waals surface area contributed by atoms with E-state index < -0.39 is 4.87 Å². The summed E-state index contributed by atoms with van der Waals surface area (Å²) < 4.78 is 0. The van der Waals surface area contributed by atoms with Gasteiger partial charge >= 0.3 is 0 Å². The van der Waals surface area contributed by atoms with Crippen LogP contribution < -0.4 is 10.3 Å². The number of anilines is 1. The van der Waals surface area contributed by atoms with Crippen LogP contribution in [0.3, 0.4) is 0 Å². The second-order valence-corrected chi connectivity index (χ2v) is 7.86. The molecule has 2 heterocycles. The lowest BCUT2D eigenvalue weighted by atomic mass is 10.1. The molecule has 1 spiro atoms.